The van der Waals surface area contributed by atoms with Crippen molar-refractivity contribution < 1.29 is 4.74 Å². The molecule has 7 heteroatoms. The van der Waals surface area contributed by atoms with E-state index >= 15 is 0 Å². The van der Waals surface area contributed by atoms with Gasteiger partial charge < -0.3 is 4.74 Å². The minimum absolute atomic E-state index is 0.157. The highest BCUT2D eigenvalue weighted by molar-refractivity contribution is 14.1. The number of nitrogens with zero attached hydrogens (tertiary/aromatic N) is 2. The first kappa shape index (κ1) is 14.8. The maximum atomic E-state index is 12.0. The maximum Gasteiger partial charge on any atom is 0.268 e. The Morgan fingerprint density at radius 2 is 2.26 bits per heavy atom. The van der Waals surface area contributed by atoms with E-state index in [1.165, 1.54) is 10.9 Å². The highest BCUT2D eigenvalue weighted by Crippen LogP contribution is 2.23. The van der Waals surface area contributed by atoms with Gasteiger partial charge in [0.15, 0.2) is 0 Å². The summed E-state index contributed by atoms with van der Waals surface area (Å²) < 4.78 is 8.01. The Bertz CT molecular complexity index is 675. The average Bonchev–Trinajstić information content (AvgIpc) is 2.41. The smallest absolute Gasteiger partial charge is 0.268 e. The topological polar surface area (TPSA) is 44.1 Å². The molecule has 0 unspecified atom stereocenters. The number of rotatable bonds is 3. The molecule has 0 aliphatic heterocycles. The molecule has 1 aromatic heterocycles. The van der Waals surface area contributed by atoms with Crippen LogP contribution in [0.15, 0.2) is 33.8 Å². The number of methoxy groups -OCH3 is 1. The molecule has 0 radical (unpaired) electrons. The van der Waals surface area contributed by atoms with E-state index in [0.29, 0.717) is 10.1 Å². The third-order valence-electron chi connectivity index (χ3n) is 2.53. The molecule has 0 amide bonds. The zero-order valence-corrected chi connectivity index (χ0v) is 14.4. The SMILES string of the molecule is COc1ccc(Br)c(Cn2cnc(Cl)c(I)c2=O)c1. The molecule has 0 saturated carbocycles. The van der Waals surface area contributed by atoms with E-state index in [1.807, 2.05) is 40.8 Å². The van der Waals surface area contributed by atoms with Crippen molar-refractivity contribution in [3.63, 3.8) is 0 Å². The highest BCUT2D eigenvalue weighted by atomic mass is 127. The summed E-state index contributed by atoms with van der Waals surface area (Å²) in [5.41, 5.74) is 0.775. The fourth-order valence-electron chi connectivity index (χ4n) is 1.54. The highest BCUT2D eigenvalue weighted by Gasteiger charge is 2.09. The van der Waals surface area contributed by atoms with Crippen molar-refractivity contribution in [3.05, 3.63) is 53.6 Å². The van der Waals surface area contributed by atoms with E-state index in [9.17, 15) is 4.79 Å². The van der Waals surface area contributed by atoms with Gasteiger partial charge in [0.25, 0.3) is 5.56 Å². The third kappa shape index (κ3) is 3.29. The second-order valence-electron chi connectivity index (χ2n) is 3.74. The van der Waals surface area contributed by atoms with Crippen LogP contribution in [0.3, 0.4) is 0 Å². The van der Waals surface area contributed by atoms with Gasteiger partial charge in [-0.2, -0.15) is 0 Å². The predicted molar refractivity (Wildman–Crippen MR) is 86.0 cm³/mol. The molecule has 0 bridgehead atoms. The van der Waals surface area contributed by atoms with Crippen LogP contribution in [0.5, 0.6) is 5.75 Å². The van der Waals surface area contributed by atoms with Crippen molar-refractivity contribution in [1.29, 1.82) is 0 Å². The Balaban J connectivity index is 2.42. The van der Waals surface area contributed by atoms with Crippen molar-refractivity contribution in [3.8, 4) is 5.75 Å². The summed E-state index contributed by atoms with van der Waals surface area (Å²) in [7, 11) is 1.60. The van der Waals surface area contributed by atoms with Gasteiger partial charge in [0.05, 0.1) is 20.0 Å². The second kappa shape index (κ2) is 6.23. The quantitative estimate of drug-likeness (QED) is 0.527. The number of ether oxygens (including phenoxy) is 1. The molecule has 0 saturated heterocycles. The van der Waals surface area contributed by atoms with Crippen LogP contribution >= 0.6 is 50.1 Å². The summed E-state index contributed by atoms with van der Waals surface area (Å²) in [6, 6.07) is 5.60. The summed E-state index contributed by atoms with van der Waals surface area (Å²) in [6.45, 7) is 0.400. The Kier molecular flexibility index (Phi) is 4.86. The summed E-state index contributed by atoms with van der Waals surface area (Å²) >= 11 is 11.2. The fourth-order valence-corrected chi connectivity index (χ4v) is 2.48. The molecule has 100 valence electrons. The summed E-state index contributed by atoms with van der Waals surface area (Å²) in [4.78, 5) is 16.0. The van der Waals surface area contributed by atoms with E-state index in [1.54, 1.807) is 7.11 Å². The summed E-state index contributed by atoms with van der Waals surface area (Å²) in [5.74, 6) is 0.739. The maximum absolute atomic E-state index is 12.0. The predicted octanol–water partition coefficient (Wildman–Crippen LogP) is 3.32. The van der Waals surface area contributed by atoms with Crippen LogP contribution in [0.2, 0.25) is 5.15 Å². The molecule has 1 aromatic carbocycles. The fraction of sp³-hybridized carbons (Fsp3) is 0.167. The molecule has 19 heavy (non-hydrogen) atoms. The van der Waals surface area contributed by atoms with E-state index in [4.69, 9.17) is 16.3 Å². The Labute approximate surface area is 137 Å². The Morgan fingerprint density at radius 1 is 1.53 bits per heavy atom. The lowest BCUT2D eigenvalue weighted by molar-refractivity contribution is 0.414. The molecular weight excluding hydrogens is 446 g/mol. The van der Waals surface area contributed by atoms with Gasteiger partial charge >= 0.3 is 0 Å². The molecule has 0 aliphatic carbocycles. The normalized spacial score (nSPS) is 10.5. The van der Waals surface area contributed by atoms with Crippen LogP contribution in [0.1, 0.15) is 5.56 Å². The van der Waals surface area contributed by atoms with Crippen LogP contribution < -0.4 is 10.3 Å². The second-order valence-corrected chi connectivity index (χ2v) is 6.03. The number of hydrogen-bond acceptors (Lipinski definition) is 3. The summed E-state index contributed by atoms with van der Waals surface area (Å²) in [5, 5.41) is 0.228. The molecule has 0 aliphatic rings. The van der Waals surface area contributed by atoms with Crippen LogP contribution in [-0.4, -0.2) is 16.7 Å². The van der Waals surface area contributed by atoms with Crippen LogP contribution in [-0.2, 0) is 6.54 Å². The molecule has 1 heterocycles. The zero-order chi connectivity index (χ0) is 14.0. The number of benzene rings is 1. The van der Waals surface area contributed by atoms with E-state index < -0.39 is 0 Å². The average molecular weight is 455 g/mol. The van der Waals surface area contributed by atoms with Gasteiger partial charge in [-0.15, -0.1) is 0 Å². The van der Waals surface area contributed by atoms with Gasteiger partial charge in [-0.05, 0) is 46.4 Å². The first-order valence-electron chi connectivity index (χ1n) is 5.25. The van der Waals surface area contributed by atoms with Crippen LogP contribution in [0.4, 0.5) is 0 Å². The largest absolute Gasteiger partial charge is 0.497 e. The molecule has 0 atom stereocenters. The van der Waals surface area contributed by atoms with Gasteiger partial charge in [0.1, 0.15) is 14.5 Å². The molecular formula is C12H9BrClIN2O2. The van der Waals surface area contributed by atoms with Crippen LogP contribution in [0.25, 0.3) is 0 Å². The van der Waals surface area contributed by atoms with E-state index in [-0.39, 0.29) is 10.7 Å². The van der Waals surface area contributed by atoms with E-state index in [0.717, 1.165) is 15.8 Å². The first-order chi connectivity index (χ1) is 9.02. The van der Waals surface area contributed by atoms with Crippen molar-refractivity contribution in [1.82, 2.24) is 9.55 Å². The van der Waals surface area contributed by atoms with Crippen molar-refractivity contribution in [2.24, 2.45) is 0 Å². The summed E-state index contributed by atoms with van der Waals surface area (Å²) in [6.07, 6.45) is 1.44. The molecule has 0 N–H and O–H groups in total. The lowest BCUT2D eigenvalue weighted by Crippen LogP contribution is -2.23. The lowest BCUT2D eigenvalue weighted by atomic mass is 10.2. The van der Waals surface area contributed by atoms with Crippen molar-refractivity contribution >= 4 is 50.1 Å². The zero-order valence-electron chi connectivity index (χ0n) is 9.86. The monoisotopic (exact) mass is 454 g/mol. The minimum Gasteiger partial charge on any atom is -0.497 e. The van der Waals surface area contributed by atoms with Gasteiger partial charge in [0, 0.05) is 4.47 Å². The Morgan fingerprint density at radius 3 is 2.95 bits per heavy atom. The standard InChI is InChI=1S/C12H9BrClIN2O2/c1-19-8-2-3-9(13)7(4-8)5-17-6-16-11(14)10(15)12(17)18/h2-4,6H,5H2,1H3. The molecule has 2 aromatic rings. The Hall–Kier alpha value is -0.600. The number of hydrogen-bond donors (Lipinski definition) is 0. The van der Waals surface area contributed by atoms with Crippen molar-refractivity contribution in [2.75, 3.05) is 7.11 Å². The van der Waals surface area contributed by atoms with Gasteiger partial charge in [-0.3, -0.25) is 9.36 Å². The van der Waals surface area contributed by atoms with Crippen molar-refractivity contribution in [2.45, 2.75) is 6.54 Å². The van der Waals surface area contributed by atoms with Gasteiger partial charge in [-0.25, -0.2) is 4.98 Å². The molecule has 4 nitrogen and oxygen atoms in total. The lowest BCUT2D eigenvalue weighted by Gasteiger charge is -2.10. The number of aromatic nitrogens is 2. The van der Waals surface area contributed by atoms with Gasteiger partial charge in [-0.1, -0.05) is 27.5 Å². The third-order valence-corrected chi connectivity index (χ3v) is 4.89. The number of halogens is 3. The molecule has 0 fully saturated rings. The molecule has 0 spiro atoms. The van der Waals surface area contributed by atoms with E-state index in [2.05, 4.69) is 20.9 Å². The molecule has 2 rings (SSSR count). The van der Waals surface area contributed by atoms with Gasteiger partial charge in [0.2, 0.25) is 0 Å². The first-order valence-corrected chi connectivity index (χ1v) is 7.50. The minimum atomic E-state index is -0.157. The van der Waals surface area contributed by atoms with Crippen LogP contribution in [0, 0.1) is 3.57 Å².